The number of benzene rings is 2. The van der Waals surface area contributed by atoms with Crippen LogP contribution < -0.4 is 10.1 Å². The first-order valence-corrected chi connectivity index (χ1v) is 11.8. The molecule has 0 aliphatic carbocycles. The first-order valence-electron chi connectivity index (χ1n) is 11.0. The molecule has 0 bridgehead atoms. The maximum atomic E-state index is 12.7. The Kier molecular flexibility index (Phi) is 7.04. The summed E-state index contributed by atoms with van der Waals surface area (Å²) in [4.78, 5) is 12.7. The quantitative estimate of drug-likeness (QED) is 0.269. The molecule has 0 radical (unpaired) electrons. The summed E-state index contributed by atoms with van der Waals surface area (Å²) in [5.74, 6) is 0.534. The first kappa shape index (κ1) is 23.2. The Morgan fingerprint density at radius 2 is 1.97 bits per heavy atom. The monoisotopic (exact) mass is 471 g/mol. The van der Waals surface area contributed by atoms with Crippen LogP contribution in [0.1, 0.15) is 35.9 Å². The van der Waals surface area contributed by atoms with Crippen LogP contribution >= 0.6 is 11.3 Å². The summed E-state index contributed by atoms with van der Waals surface area (Å²) in [5.41, 5.74) is 2.98. The number of aryl methyl sites for hydroxylation is 1. The van der Waals surface area contributed by atoms with Crippen molar-refractivity contribution in [1.29, 1.82) is 5.26 Å². The van der Waals surface area contributed by atoms with Crippen LogP contribution in [0, 0.1) is 18.3 Å². The molecule has 0 unspecified atom stereocenters. The van der Waals surface area contributed by atoms with Gasteiger partial charge in [0.1, 0.15) is 29.0 Å². The molecule has 0 fully saturated rings. The second-order valence-corrected chi connectivity index (χ2v) is 9.19. The molecule has 2 aromatic heterocycles. The van der Waals surface area contributed by atoms with Gasteiger partial charge in [0.25, 0.3) is 5.91 Å². The number of rotatable bonds is 8. The van der Waals surface area contributed by atoms with Gasteiger partial charge in [-0.1, -0.05) is 61.1 Å². The molecule has 0 saturated carbocycles. The van der Waals surface area contributed by atoms with Crippen LogP contribution in [0.25, 0.3) is 17.0 Å². The van der Waals surface area contributed by atoms with E-state index in [-0.39, 0.29) is 11.5 Å². The zero-order valence-electron chi connectivity index (χ0n) is 19.3. The third kappa shape index (κ3) is 5.33. The molecule has 1 amide bonds. The number of nitrogens with one attached hydrogen (secondary N) is 1. The number of nitriles is 1. The molecule has 172 valence electrons. The summed E-state index contributed by atoms with van der Waals surface area (Å²) in [5, 5.41) is 22.6. The summed E-state index contributed by atoms with van der Waals surface area (Å²) >= 11 is 1.31. The lowest BCUT2D eigenvalue weighted by atomic mass is 10.1. The number of amides is 1. The third-order valence-electron chi connectivity index (χ3n) is 5.26. The predicted octanol–water partition coefficient (Wildman–Crippen LogP) is 5.55. The fraction of sp³-hybridized carbons (Fsp3) is 0.231. The third-order valence-corrected chi connectivity index (χ3v) is 6.40. The van der Waals surface area contributed by atoms with Gasteiger partial charge in [-0.3, -0.25) is 10.1 Å². The van der Waals surface area contributed by atoms with Gasteiger partial charge in [0.2, 0.25) is 5.13 Å². The Morgan fingerprint density at radius 3 is 2.68 bits per heavy atom. The summed E-state index contributed by atoms with van der Waals surface area (Å²) < 4.78 is 7.96. The fourth-order valence-electron chi connectivity index (χ4n) is 3.46. The molecule has 4 rings (SSSR count). The largest absolute Gasteiger partial charge is 0.492 e. The number of nitrogens with zero attached hydrogens (tertiary/aromatic N) is 4. The highest BCUT2D eigenvalue weighted by molar-refractivity contribution is 7.15. The number of ether oxygens (including phenoxy) is 1. The van der Waals surface area contributed by atoms with Crippen LogP contribution in [0.2, 0.25) is 0 Å². The Hall–Kier alpha value is -3.96. The Bertz CT molecular complexity index is 1380. The number of para-hydroxylation sites is 1. The number of carbonyl (C=O) groups is 1. The van der Waals surface area contributed by atoms with E-state index in [9.17, 15) is 10.1 Å². The topological polar surface area (TPSA) is 92.8 Å². The Labute approximate surface area is 202 Å². The van der Waals surface area contributed by atoms with E-state index in [2.05, 4.69) is 20.1 Å². The van der Waals surface area contributed by atoms with Crippen molar-refractivity contribution >= 4 is 39.4 Å². The molecule has 8 heteroatoms. The molecule has 0 saturated heterocycles. The van der Waals surface area contributed by atoms with Gasteiger partial charge in [-0.05, 0) is 31.2 Å². The minimum atomic E-state index is -0.506. The maximum absolute atomic E-state index is 12.7. The van der Waals surface area contributed by atoms with Gasteiger partial charge in [-0.2, -0.15) is 5.26 Å². The number of fused-ring (bicyclic) bond motifs is 1. The van der Waals surface area contributed by atoms with Gasteiger partial charge in [-0.15, -0.1) is 10.2 Å². The van der Waals surface area contributed by atoms with E-state index in [1.165, 1.54) is 16.9 Å². The minimum Gasteiger partial charge on any atom is -0.492 e. The number of hydrogen-bond donors (Lipinski definition) is 1. The highest BCUT2D eigenvalue weighted by Crippen LogP contribution is 2.25. The zero-order chi connectivity index (χ0) is 24.1. The SMILES string of the molecule is Cc1ccc(OCCn2cc(/C=C(/C#N)C(=O)Nc3nnc(C(C)C)s3)c3ccccc32)cc1. The van der Waals surface area contributed by atoms with Crippen molar-refractivity contribution < 1.29 is 9.53 Å². The van der Waals surface area contributed by atoms with E-state index in [1.807, 2.05) is 81.6 Å². The molecule has 2 heterocycles. The second-order valence-electron chi connectivity index (χ2n) is 8.18. The molecule has 2 aromatic carbocycles. The Morgan fingerprint density at radius 1 is 1.21 bits per heavy atom. The van der Waals surface area contributed by atoms with Crippen molar-refractivity contribution in [3.05, 3.63) is 76.4 Å². The molecule has 1 N–H and O–H groups in total. The molecular weight excluding hydrogens is 446 g/mol. The summed E-state index contributed by atoms with van der Waals surface area (Å²) in [6, 6.07) is 17.9. The smallest absolute Gasteiger partial charge is 0.268 e. The molecule has 34 heavy (non-hydrogen) atoms. The van der Waals surface area contributed by atoms with Crippen LogP contribution in [-0.2, 0) is 11.3 Å². The average molecular weight is 472 g/mol. The molecule has 0 aliphatic heterocycles. The van der Waals surface area contributed by atoms with Gasteiger partial charge in [0.15, 0.2) is 0 Å². The van der Waals surface area contributed by atoms with Gasteiger partial charge in [0, 0.05) is 28.6 Å². The molecule has 0 spiro atoms. The number of hydrogen-bond acceptors (Lipinski definition) is 6. The highest BCUT2D eigenvalue weighted by atomic mass is 32.1. The number of aromatic nitrogens is 3. The summed E-state index contributed by atoms with van der Waals surface area (Å²) in [6.07, 6.45) is 3.55. The van der Waals surface area contributed by atoms with Crippen molar-refractivity contribution in [2.45, 2.75) is 33.2 Å². The van der Waals surface area contributed by atoms with E-state index in [0.29, 0.717) is 18.3 Å². The van der Waals surface area contributed by atoms with Gasteiger partial charge in [-0.25, -0.2) is 0 Å². The lowest BCUT2D eigenvalue weighted by molar-refractivity contribution is -0.112. The predicted molar refractivity (Wildman–Crippen MR) is 135 cm³/mol. The van der Waals surface area contributed by atoms with Crippen molar-refractivity contribution in [1.82, 2.24) is 14.8 Å². The Balaban J connectivity index is 1.53. The normalized spacial score (nSPS) is 11.6. The molecule has 0 atom stereocenters. The van der Waals surface area contributed by atoms with E-state index >= 15 is 0 Å². The lowest BCUT2D eigenvalue weighted by Crippen LogP contribution is -2.13. The lowest BCUT2D eigenvalue weighted by Gasteiger charge is -2.08. The molecule has 0 aliphatic rings. The van der Waals surface area contributed by atoms with Crippen molar-refractivity contribution in [2.75, 3.05) is 11.9 Å². The van der Waals surface area contributed by atoms with E-state index < -0.39 is 5.91 Å². The highest BCUT2D eigenvalue weighted by Gasteiger charge is 2.15. The molecule has 7 nitrogen and oxygen atoms in total. The summed E-state index contributed by atoms with van der Waals surface area (Å²) in [6.45, 7) is 7.17. The van der Waals surface area contributed by atoms with Gasteiger partial charge < -0.3 is 9.30 Å². The number of carbonyl (C=O) groups excluding carboxylic acids is 1. The first-order chi connectivity index (χ1) is 16.4. The summed E-state index contributed by atoms with van der Waals surface area (Å²) in [7, 11) is 0. The van der Waals surface area contributed by atoms with Crippen LogP contribution in [-0.4, -0.2) is 27.3 Å². The van der Waals surface area contributed by atoms with E-state index in [4.69, 9.17) is 4.74 Å². The van der Waals surface area contributed by atoms with Gasteiger partial charge >= 0.3 is 0 Å². The van der Waals surface area contributed by atoms with Crippen LogP contribution in [0.3, 0.4) is 0 Å². The standard InChI is InChI=1S/C26H25N5O2S/c1-17(2)25-29-30-26(34-25)28-24(32)19(15-27)14-20-16-31(23-7-5-4-6-22(20)23)12-13-33-21-10-8-18(3)9-11-21/h4-11,14,16-17H,12-13H2,1-3H3,(H,28,30,32)/b19-14-. The molecular formula is C26H25N5O2S. The average Bonchev–Trinajstić information content (AvgIpc) is 3.44. The zero-order valence-corrected chi connectivity index (χ0v) is 20.1. The van der Waals surface area contributed by atoms with E-state index in [0.717, 1.165) is 27.2 Å². The van der Waals surface area contributed by atoms with Gasteiger partial charge in [0.05, 0.1) is 6.54 Å². The number of anilines is 1. The van der Waals surface area contributed by atoms with Crippen molar-refractivity contribution in [3.63, 3.8) is 0 Å². The molecule has 4 aromatic rings. The maximum Gasteiger partial charge on any atom is 0.268 e. The van der Waals surface area contributed by atoms with Crippen molar-refractivity contribution in [3.8, 4) is 11.8 Å². The van der Waals surface area contributed by atoms with E-state index in [1.54, 1.807) is 6.08 Å². The van der Waals surface area contributed by atoms with Crippen molar-refractivity contribution in [2.24, 2.45) is 0 Å². The van der Waals surface area contributed by atoms with Crippen LogP contribution in [0.4, 0.5) is 5.13 Å². The fourth-order valence-corrected chi connectivity index (χ4v) is 4.20. The minimum absolute atomic E-state index is 0.0000976. The second kappa shape index (κ2) is 10.3. The van der Waals surface area contributed by atoms with Crippen LogP contribution in [0.15, 0.2) is 60.3 Å². The van der Waals surface area contributed by atoms with Crippen LogP contribution in [0.5, 0.6) is 5.75 Å².